The Morgan fingerprint density at radius 2 is 1.93 bits per heavy atom. The van der Waals surface area contributed by atoms with E-state index in [-0.39, 0.29) is 24.9 Å². The second-order valence-electron chi connectivity index (χ2n) is 10.9. The Morgan fingerprint density at radius 3 is 2.74 bits per heavy atom. The van der Waals surface area contributed by atoms with Gasteiger partial charge in [-0.25, -0.2) is 14.4 Å². The van der Waals surface area contributed by atoms with Crippen molar-refractivity contribution in [1.29, 1.82) is 0 Å². The molecule has 2 aromatic heterocycles. The first kappa shape index (κ1) is 31.4. The Balaban J connectivity index is 1.18. The van der Waals surface area contributed by atoms with Crippen LogP contribution in [-0.4, -0.2) is 76.4 Å². The van der Waals surface area contributed by atoms with Crippen LogP contribution < -0.4 is 15.4 Å². The minimum Gasteiger partial charge on any atom is -0.487 e. The van der Waals surface area contributed by atoms with Crippen molar-refractivity contribution in [3.8, 4) is 11.4 Å². The molecule has 46 heavy (non-hydrogen) atoms. The summed E-state index contributed by atoms with van der Waals surface area (Å²) < 4.78 is 26.6. The Hall–Kier alpha value is -4.55. The van der Waals surface area contributed by atoms with E-state index in [9.17, 15) is 14.3 Å². The van der Waals surface area contributed by atoms with Crippen molar-refractivity contribution >= 4 is 39.9 Å². The van der Waals surface area contributed by atoms with E-state index >= 15 is 0 Å². The van der Waals surface area contributed by atoms with Crippen LogP contribution in [0.15, 0.2) is 79.4 Å². The van der Waals surface area contributed by atoms with Crippen molar-refractivity contribution in [3.05, 3.63) is 107 Å². The molecule has 12 heteroatoms. The van der Waals surface area contributed by atoms with E-state index in [4.69, 9.17) is 21.1 Å². The number of anilines is 2. The van der Waals surface area contributed by atoms with Gasteiger partial charge in [0.2, 0.25) is 0 Å². The summed E-state index contributed by atoms with van der Waals surface area (Å²) in [7, 11) is 0. The predicted octanol–water partition coefficient (Wildman–Crippen LogP) is 5.13. The molecule has 0 aliphatic carbocycles. The second kappa shape index (κ2) is 14.7. The fraction of sp³-hybridized carbons (Fsp3) is 0.265. The highest BCUT2D eigenvalue weighted by atomic mass is 35.5. The molecule has 0 saturated carbocycles. The van der Waals surface area contributed by atoms with E-state index in [2.05, 4.69) is 25.5 Å². The summed E-state index contributed by atoms with van der Waals surface area (Å²) >= 11 is 6.52. The van der Waals surface area contributed by atoms with Crippen LogP contribution in [0.25, 0.3) is 16.6 Å². The lowest BCUT2D eigenvalue weighted by molar-refractivity contribution is 0.0383. The second-order valence-corrected chi connectivity index (χ2v) is 11.3. The quantitative estimate of drug-likeness (QED) is 0.171. The normalized spacial score (nSPS) is 13.5. The molecule has 0 radical (unpaired) electrons. The number of aromatic nitrogens is 3. The molecular formula is C34H34ClFN6O4. The molecule has 3 N–H and O–H groups in total. The highest BCUT2D eigenvalue weighted by molar-refractivity contribution is 6.32. The lowest BCUT2D eigenvalue weighted by atomic mass is 10.1. The fourth-order valence-electron chi connectivity index (χ4n) is 5.34. The molecule has 238 valence electrons. The molecule has 0 atom stereocenters. The van der Waals surface area contributed by atoms with E-state index in [1.54, 1.807) is 30.5 Å². The van der Waals surface area contributed by atoms with Crippen molar-refractivity contribution in [2.75, 3.05) is 51.3 Å². The average Bonchev–Trinajstić information content (AvgIpc) is 3.49. The first-order valence-corrected chi connectivity index (χ1v) is 15.4. The van der Waals surface area contributed by atoms with E-state index in [1.807, 2.05) is 35.0 Å². The molecule has 3 aromatic carbocycles. The molecule has 6 rings (SSSR count). The minimum atomic E-state index is -0.324. The molecule has 1 fully saturated rings. The van der Waals surface area contributed by atoms with Gasteiger partial charge in [0.15, 0.2) is 0 Å². The summed E-state index contributed by atoms with van der Waals surface area (Å²) in [6, 6.07) is 17.3. The number of halogens is 2. The fourth-order valence-corrected chi connectivity index (χ4v) is 5.58. The summed E-state index contributed by atoms with van der Waals surface area (Å²) in [5.41, 5.74) is 4.19. The molecular weight excluding hydrogens is 611 g/mol. The topological polar surface area (TPSA) is 114 Å². The zero-order valence-electron chi connectivity index (χ0n) is 25.1. The highest BCUT2D eigenvalue weighted by Crippen LogP contribution is 2.32. The van der Waals surface area contributed by atoms with E-state index in [1.165, 1.54) is 18.5 Å². The van der Waals surface area contributed by atoms with Gasteiger partial charge in [0.1, 0.15) is 30.3 Å². The van der Waals surface area contributed by atoms with Gasteiger partial charge in [0.25, 0.3) is 5.91 Å². The van der Waals surface area contributed by atoms with Crippen molar-refractivity contribution in [3.63, 3.8) is 0 Å². The number of rotatable bonds is 12. The summed E-state index contributed by atoms with van der Waals surface area (Å²) in [4.78, 5) is 24.3. The number of benzene rings is 3. The molecule has 10 nitrogen and oxygen atoms in total. The number of hydrogen-bond donors (Lipinski definition) is 3. The molecule has 3 heterocycles. The maximum absolute atomic E-state index is 13.5. The van der Waals surface area contributed by atoms with Crippen LogP contribution in [0.3, 0.4) is 0 Å². The third-order valence-electron chi connectivity index (χ3n) is 7.75. The van der Waals surface area contributed by atoms with Crippen molar-refractivity contribution in [2.45, 2.75) is 13.0 Å². The van der Waals surface area contributed by atoms with Crippen LogP contribution in [-0.2, 0) is 17.8 Å². The van der Waals surface area contributed by atoms with Crippen molar-refractivity contribution in [2.24, 2.45) is 0 Å². The Bertz CT molecular complexity index is 1830. The first-order chi connectivity index (χ1) is 22.5. The van der Waals surface area contributed by atoms with Crippen LogP contribution in [0.2, 0.25) is 5.02 Å². The molecule has 1 amide bonds. The summed E-state index contributed by atoms with van der Waals surface area (Å²) in [6.07, 6.45) is 5.49. The lowest BCUT2D eigenvalue weighted by Crippen LogP contribution is -2.41. The van der Waals surface area contributed by atoms with Gasteiger partial charge in [-0.1, -0.05) is 23.7 Å². The molecule has 0 spiro atoms. The van der Waals surface area contributed by atoms with E-state index in [0.29, 0.717) is 59.6 Å². The maximum Gasteiger partial charge on any atom is 0.253 e. The van der Waals surface area contributed by atoms with Crippen LogP contribution in [0, 0.1) is 5.82 Å². The molecule has 1 aliphatic rings. The van der Waals surface area contributed by atoms with Crippen LogP contribution in [0.4, 0.5) is 15.9 Å². The number of nitrogens with one attached hydrogen (secondary N) is 2. The minimum absolute atomic E-state index is 0.0745. The third-order valence-corrected chi connectivity index (χ3v) is 8.04. The summed E-state index contributed by atoms with van der Waals surface area (Å²) in [5, 5.41) is 17.2. The van der Waals surface area contributed by atoms with Crippen LogP contribution in [0.5, 0.6) is 5.75 Å². The van der Waals surface area contributed by atoms with Gasteiger partial charge >= 0.3 is 0 Å². The number of fused-ring (bicyclic) bond motifs is 1. The zero-order chi connectivity index (χ0) is 31.9. The molecule has 0 bridgehead atoms. The van der Waals surface area contributed by atoms with Gasteiger partial charge in [-0.15, -0.1) is 0 Å². The SMILES string of the molecule is O=C(NCCN1CCOCC1)c1cn(-c2ccc3ncnc(Nc4ccc(OCc5cccc(F)c5)c(Cl)c4)c3c2)cc1CCO. The average molecular weight is 645 g/mol. The largest absolute Gasteiger partial charge is 0.487 e. The highest BCUT2D eigenvalue weighted by Gasteiger charge is 2.17. The molecule has 1 aliphatic heterocycles. The number of aliphatic hydroxyl groups is 1. The van der Waals surface area contributed by atoms with E-state index < -0.39 is 0 Å². The summed E-state index contributed by atoms with van der Waals surface area (Å²) in [5.74, 6) is 0.538. The first-order valence-electron chi connectivity index (χ1n) is 15.1. The van der Waals surface area contributed by atoms with Gasteiger partial charge < -0.3 is 29.8 Å². The Kier molecular flexibility index (Phi) is 10.0. The predicted molar refractivity (Wildman–Crippen MR) is 175 cm³/mol. The van der Waals surface area contributed by atoms with Crippen LogP contribution in [0.1, 0.15) is 21.5 Å². The number of amides is 1. The van der Waals surface area contributed by atoms with Gasteiger partial charge in [-0.2, -0.15) is 0 Å². The van der Waals surface area contributed by atoms with Crippen molar-refractivity contribution in [1.82, 2.24) is 24.8 Å². The van der Waals surface area contributed by atoms with E-state index in [0.717, 1.165) is 41.8 Å². The number of morpholine rings is 1. The molecule has 5 aromatic rings. The number of carbonyl (C=O) groups is 1. The Morgan fingerprint density at radius 1 is 1.07 bits per heavy atom. The van der Waals surface area contributed by atoms with Crippen LogP contribution >= 0.6 is 11.6 Å². The number of nitrogens with zero attached hydrogens (tertiary/aromatic N) is 4. The number of carbonyl (C=O) groups excluding carboxylic acids is 1. The summed E-state index contributed by atoms with van der Waals surface area (Å²) in [6.45, 7) is 4.51. The van der Waals surface area contributed by atoms with Gasteiger partial charge in [-0.3, -0.25) is 9.69 Å². The van der Waals surface area contributed by atoms with Gasteiger partial charge in [0.05, 0.1) is 29.3 Å². The number of hydrogen-bond acceptors (Lipinski definition) is 8. The van der Waals surface area contributed by atoms with Crippen molar-refractivity contribution < 1.29 is 23.8 Å². The lowest BCUT2D eigenvalue weighted by Gasteiger charge is -2.26. The van der Waals surface area contributed by atoms with Gasteiger partial charge in [0, 0.05) is 61.9 Å². The standard InChI is InChI=1S/C34H34ClFN6O4/c35-30-17-26(4-7-32(30)46-21-23-2-1-3-25(36)16-23)40-33-28-18-27(5-6-31(28)38-22-39-33)42-19-24(8-13-43)29(20-42)34(44)37-9-10-41-11-14-45-15-12-41/h1-7,16-20,22,43H,8-15,21H2,(H,37,44)(H,38,39,40). The number of ether oxygens (including phenoxy) is 2. The molecule has 1 saturated heterocycles. The number of aliphatic hydroxyl groups excluding tert-OH is 1. The third kappa shape index (κ3) is 7.63. The smallest absolute Gasteiger partial charge is 0.253 e. The zero-order valence-corrected chi connectivity index (χ0v) is 25.8. The van der Waals surface area contributed by atoms with Gasteiger partial charge in [-0.05, 0) is 66.1 Å². The monoisotopic (exact) mass is 644 g/mol. The Labute approximate surface area is 270 Å². The molecule has 0 unspecified atom stereocenters. The maximum atomic E-state index is 13.5.